The van der Waals surface area contributed by atoms with Crippen LogP contribution in [0, 0.1) is 12.0 Å². The summed E-state index contributed by atoms with van der Waals surface area (Å²) in [5.74, 6) is -0.269. The largest absolute Gasteiger partial charge is 0.298 e. The van der Waals surface area contributed by atoms with Crippen LogP contribution < -0.4 is 5.73 Å². The quantitative estimate of drug-likeness (QED) is 0.699. The molecule has 13 heavy (non-hydrogen) atoms. The lowest BCUT2D eigenvalue weighted by Crippen LogP contribution is -2.05. The standard InChI is InChI=1S/C9H7FN3/c10-7-3-1-6(2-4-7)8-5-12-13-9(8)11/h1-5H,11H2. The van der Waals surface area contributed by atoms with Crippen LogP contribution >= 0.6 is 0 Å². The molecule has 1 aromatic rings. The van der Waals surface area contributed by atoms with Crippen LogP contribution in [0.3, 0.4) is 0 Å². The molecule has 1 heterocycles. The lowest BCUT2D eigenvalue weighted by molar-refractivity contribution is 0.627. The maximum atomic E-state index is 12.6. The van der Waals surface area contributed by atoms with Gasteiger partial charge in [0.05, 0.1) is 6.20 Å². The van der Waals surface area contributed by atoms with E-state index < -0.39 is 0 Å². The number of azo groups is 1. The maximum Gasteiger partial charge on any atom is 0.202 e. The van der Waals surface area contributed by atoms with E-state index in [1.165, 1.54) is 12.1 Å². The van der Waals surface area contributed by atoms with Crippen molar-refractivity contribution in [2.45, 2.75) is 0 Å². The molecular weight excluding hydrogens is 169 g/mol. The van der Waals surface area contributed by atoms with Crippen molar-refractivity contribution < 1.29 is 4.39 Å². The number of hydrogen-bond donors (Lipinski definition) is 1. The van der Waals surface area contributed by atoms with Crippen LogP contribution in [0.4, 0.5) is 4.39 Å². The van der Waals surface area contributed by atoms with Gasteiger partial charge in [0.1, 0.15) is 5.82 Å². The summed E-state index contributed by atoms with van der Waals surface area (Å²) in [5, 5.41) is 7.30. The molecule has 65 valence electrons. The second kappa shape index (κ2) is 3.06. The highest BCUT2D eigenvalue weighted by molar-refractivity contribution is 5.75. The minimum absolute atomic E-state index is 0.269. The van der Waals surface area contributed by atoms with Gasteiger partial charge in [-0.05, 0) is 17.7 Å². The summed E-state index contributed by atoms with van der Waals surface area (Å²) in [5.41, 5.74) is 7.10. The van der Waals surface area contributed by atoms with Gasteiger partial charge in [-0.1, -0.05) is 12.1 Å². The molecule has 1 aliphatic rings. The first kappa shape index (κ1) is 8.07. The zero-order valence-electron chi connectivity index (χ0n) is 6.74. The Hall–Kier alpha value is -1.55. The van der Waals surface area contributed by atoms with E-state index >= 15 is 0 Å². The summed E-state index contributed by atoms with van der Waals surface area (Å²) in [4.78, 5) is 0. The van der Waals surface area contributed by atoms with Gasteiger partial charge in [-0.15, -0.1) is 0 Å². The molecule has 1 aromatic carbocycles. The summed E-state index contributed by atoms with van der Waals surface area (Å²) < 4.78 is 12.6. The monoisotopic (exact) mass is 176 g/mol. The second-order valence-electron chi connectivity index (χ2n) is 2.65. The van der Waals surface area contributed by atoms with Gasteiger partial charge >= 0.3 is 0 Å². The summed E-state index contributed by atoms with van der Waals surface area (Å²) >= 11 is 0. The summed E-state index contributed by atoms with van der Waals surface area (Å²) in [6.07, 6.45) is 1.93. The van der Waals surface area contributed by atoms with Gasteiger partial charge in [-0.2, -0.15) is 10.2 Å². The van der Waals surface area contributed by atoms with E-state index in [0.717, 1.165) is 11.1 Å². The van der Waals surface area contributed by atoms with Crippen LogP contribution in [0.5, 0.6) is 0 Å². The molecule has 0 atom stereocenters. The number of nitrogens with two attached hydrogens (primary N) is 1. The normalized spacial score (nSPS) is 16.3. The van der Waals surface area contributed by atoms with Crippen molar-refractivity contribution in [3.8, 4) is 0 Å². The molecule has 0 spiro atoms. The fraction of sp³-hybridized carbons (Fsp3) is 0. The van der Waals surface area contributed by atoms with Crippen molar-refractivity contribution in [2.75, 3.05) is 0 Å². The molecule has 0 amide bonds. The Morgan fingerprint density at radius 1 is 1.15 bits per heavy atom. The maximum absolute atomic E-state index is 12.6. The molecule has 1 aliphatic heterocycles. The lowest BCUT2D eigenvalue weighted by atomic mass is 10.1. The van der Waals surface area contributed by atoms with Gasteiger partial charge in [-0.25, -0.2) is 4.39 Å². The Labute approximate surface area is 74.8 Å². The van der Waals surface area contributed by atoms with Gasteiger partial charge in [0.15, 0.2) is 0 Å². The van der Waals surface area contributed by atoms with Gasteiger partial charge in [-0.3, -0.25) is 5.73 Å². The Morgan fingerprint density at radius 3 is 2.38 bits per heavy atom. The Morgan fingerprint density at radius 2 is 1.85 bits per heavy atom. The average Bonchev–Trinajstić information content (AvgIpc) is 2.53. The van der Waals surface area contributed by atoms with Crippen LogP contribution in [0.15, 0.2) is 40.7 Å². The fourth-order valence-corrected chi connectivity index (χ4v) is 1.12. The molecule has 0 aromatic heterocycles. The van der Waals surface area contributed by atoms with Crippen molar-refractivity contribution in [1.82, 2.24) is 0 Å². The Balaban J connectivity index is 2.32. The van der Waals surface area contributed by atoms with Crippen molar-refractivity contribution in [2.24, 2.45) is 16.0 Å². The summed E-state index contributed by atoms with van der Waals surface area (Å²) in [6, 6.07) is 6.04. The minimum atomic E-state index is -0.269. The first-order valence-electron chi connectivity index (χ1n) is 3.77. The molecule has 3 nitrogen and oxygen atoms in total. The molecule has 1 radical (unpaired) electrons. The van der Waals surface area contributed by atoms with Crippen molar-refractivity contribution >= 4 is 5.57 Å². The Bertz CT molecular complexity index is 367. The molecule has 0 bridgehead atoms. The first-order valence-corrected chi connectivity index (χ1v) is 3.77. The van der Waals surface area contributed by atoms with Crippen LogP contribution in [0.25, 0.3) is 5.57 Å². The molecule has 0 saturated heterocycles. The van der Waals surface area contributed by atoms with Crippen molar-refractivity contribution in [3.05, 3.63) is 48.0 Å². The highest BCUT2D eigenvalue weighted by Crippen LogP contribution is 2.27. The zero-order chi connectivity index (χ0) is 9.26. The van der Waals surface area contributed by atoms with Crippen LogP contribution in [-0.4, -0.2) is 0 Å². The van der Waals surface area contributed by atoms with E-state index in [1.54, 1.807) is 18.3 Å². The van der Waals surface area contributed by atoms with Crippen LogP contribution in [0.1, 0.15) is 5.56 Å². The second-order valence-corrected chi connectivity index (χ2v) is 2.65. The van der Waals surface area contributed by atoms with E-state index in [1.807, 2.05) is 0 Å². The third-order valence-electron chi connectivity index (χ3n) is 1.78. The smallest absolute Gasteiger partial charge is 0.202 e. The minimum Gasteiger partial charge on any atom is -0.298 e. The predicted molar refractivity (Wildman–Crippen MR) is 46.7 cm³/mol. The van der Waals surface area contributed by atoms with Crippen LogP contribution in [-0.2, 0) is 0 Å². The number of halogens is 1. The van der Waals surface area contributed by atoms with Gasteiger partial charge in [0, 0.05) is 5.57 Å². The molecular formula is C9H7FN3. The van der Waals surface area contributed by atoms with Gasteiger partial charge in [0.25, 0.3) is 0 Å². The van der Waals surface area contributed by atoms with E-state index in [0.29, 0.717) is 6.17 Å². The predicted octanol–water partition coefficient (Wildman–Crippen LogP) is 2.08. The van der Waals surface area contributed by atoms with E-state index in [4.69, 9.17) is 5.73 Å². The number of hydrogen-bond acceptors (Lipinski definition) is 3. The third-order valence-corrected chi connectivity index (χ3v) is 1.78. The topological polar surface area (TPSA) is 50.7 Å². The van der Waals surface area contributed by atoms with Crippen molar-refractivity contribution in [3.63, 3.8) is 0 Å². The number of nitrogens with zero attached hydrogens (tertiary/aromatic N) is 2. The first-order chi connectivity index (χ1) is 6.27. The van der Waals surface area contributed by atoms with Crippen molar-refractivity contribution in [1.29, 1.82) is 0 Å². The fourth-order valence-electron chi connectivity index (χ4n) is 1.12. The third kappa shape index (κ3) is 1.48. The lowest BCUT2D eigenvalue weighted by Gasteiger charge is -2.03. The number of rotatable bonds is 1. The summed E-state index contributed by atoms with van der Waals surface area (Å²) in [7, 11) is 0. The molecule has 0 fully saturated rings. The Kier molecular flexibility index (Phi) is 1.90. The van der Waals surface area contributed by atoms with Gasteiger partial charge < -0.3 is 0 Å². The molecule has 0 aliphatic carbocycles. The zero-order valence-corrected chi connectivity index (χ0v) is 6.74. The van der Waals surface area contributed by atoms with E-state index in [2.05, 4.69) is 10.2 Å². The number of benzene rings is 1. The summed E-state index contributed by atoms with van der Waals surface area (Å²) in [6.45, 7) is 0. The van der Waals surface area contributed by atoms with E-state index in [9.17, 15) is 4.39 Å². The molecule has 4 heteroatoms. The van der Waals surface area contributed by atoms with Gasteiger partial charge in [0.2, 0.25) is 6.17 Å². The highest BCUT2D eigenvalue weighted by Gasteiger charge is 2.15. The average molecular weight is 176 g/mol. The SMILES string of the molecule is N[C]1N=NC=C1c1ccc(F)cc1. The molecule has 2 N–H and O–H groups in total. The highest BCUT2D eigenvalue weighted by atomic mass is 19.1. The van der Waals surface area contributed by atoms with Crippen LogP contribution in [0.2, 0.25) is 0 Å². The molecule has 2 rings (SSSR count). The molecule has 0 unspecified atom stereocenters. The molecule has 0 saturated carbocycles. The van der Waals surface area contributed by atoms with E-state index in [-0.39, 0.29) is 5.82 Å².